The molecular formula is C16H25FN2O. The minimum absolute atomic E-state index is 0.0757. The summed E-state index contributed by atoms with van der Waals surface area (Å²) in [5.74, 6) is -0.265. The van der Waals surface area contributed by atoms with Crippen LogP contribution in [0.2, 0.25) is 0 Å². The number of hydrogen-bond acceptors (Lipinski definition) is 1. The van der Waals surface area contributed by atoms with Crippen LogP contribution in [0.4, 0.5) is 9.18 Å². The van der Waals surface area contributed by atoms with Crippen molar-refractivity contribution in [3.8, 4) is 0 Å². The number of urea groups is 1. The number of halogens is 1. The van der Waals surface area contributed by atoms with Crippen LogP contribution in [0.3, 0.4) is 0 Å². The number of nitrogens with zero attached hydrogens (tertiary/aromatic N) is 1. The fourth-order valence-corrected chi connectivity index (χ4v) is 2.04. The van der Waals surface area contributed by atoms with Crippen LogP contribution in [-0.4, -0.2) is 24.0 Å². The van der Waals surface area contributed by atoms with Crippen LogP contribution < -0.4 is 5.32 Å². The summed E-state index contributed by atoms with van der Waals surface area (Å²) in [5.41, 5.74) is 0.813. The number of unbranched alkanes of at least 4 members (excludes halogenated alkanes) is 3. The molecule has 1 aromatic rings. The molecule has 20 heavy (non-hydrogen) atoms. The van der Waals surface area contributed by atoms with Gasteiger partial charge in [-0.05, 0) is 31.0 Å². The summed E-state index contributed by atoms with van der Waals surface area (Å²) in [6.07, 6.45) is 4.55. The zero-order chi connectivity index (χ0) is 14.8. The Morgan fingerprint density at radius 3 is 2.70 bits per heavy atom. The van der Waals surface area contributed by atoms with E-state index >= 15 is 0 Å². The topological polar surface area (TPSA) is 32.3 Å². The van der Waals surface area contributed by atoms with Gasteiger partial charge in [0.15, 0.2) is 0 Å². The van der Waals surface area contributed by atoms with Crippen molar-refractivity contribution >= 4 is 6.03 Å². The van der Waals surface area contributed by atoms with E-state index in [1.54, 1.807) is 11.0 Å². The first-order valence-corrected chi connectivity index (χ1v) is 7.44. The fourth-order valence-electron chi connectivity index (χ4n) is 2.04. The quantitative estimate of drug-likeness (QED) is 0.719. The van der Waals surface area contributed by atoms with Gasteiger partial charge < -0.3 is 10.2 Å². The van der Waals surface area contributed by atoms with E-state index in [4.69, 9.17) is 0 Å². The molecule has 4 heteroatoms. The van der Waals surface area contributed by atoms with Crippen LogP contribution in [-0.2, 0) is 6.54 Å². The van der Waals surface area contributed by atoms with E-state index < -0.39 is 0 Å². The Morgan fingerprint density at radius 2 is 2.05 bits per heavy atom. The largest absolute Gasteiger partial charge is 0.338 e. The number of amides is 2. The summed E-state index contributed by atoms with van der Waals surface area (Å²) in [6, 6.07) is 6.31. The lowest BCUT2D eigenvalue weighted by atomic mass is 10.2. The van der Waals surface area contributed by atoms with Crippen LogP contribution in [0.25, 0.3) is 0 Å². The maximum absolute atomic E-state index is 13.1. The summed E-state index contributed by atoms with van der Waals surface area (Å²) in [5, 5.41) is 2.92. The van der Waals surface area contributed by atoms with Gasteiger partial charge in [0.05, 0.1) is 0 Å². The highest BCUT2D eigenvalue weighted by Gasteiger charge is 2.11. The van der Waals surface area contributed by atoms with E-state index in [1.807, 2.05) is 13.0 Å². The number of hydrogen-bond donors (Lipinski definition) is 1. The third-order valence-electron chi connectivity index (χ3n) is 3.24. The molecule has 0 unspecified atom stereocenters. The molecule has 0 heterocycles. The van der Waals surface area contributed by atoms with Crippen LogP contribution in [0.15, 0.2) is 24.3 Å². The first-order chi connectivity index (χ1) is 9.67. The smallest absolute Gasteiger partial charge is 0.317 e. The van der Waals surface area contributed by atoms with E-state index in [1.165, 1.54) is 25.0 Å². The molecule has 1 N–H and O–H groups in total. The Morgan fingerprint density at radius 1 is 1.25 bits per heavy atom. The minimum Gasteiger partial charge on any atom is -0.338 e. The van der Waals surface area contributed by atoms with E-state index in [-0.39, 0.29) is 11.8 Å². The summed E-state index contributed by atoms with van der Waals surface area (Å²) < 4.78 is 13.1. The van der Waals surface area contributed by atoms with Crippen molar-refractivity contribution in [2.75, 3.05) is 13.1 Å². The van der Waals surface area contributed by atoms with Crippen molar-refractivity contribution in [3.63, 3.8) is 0 Å². The molecule has 1 rings (SSSR count). The Labute approximate surface area is 121 Å². The molecule has 2 amide bonds. The molecule has 0 radical (unpaired) electrons. The number of carbonyl (C=O) groups is 1. The molecular weight excluding hydrogens is 255 g/mol. The predicted octanol–water partition coefficient (Wildman–Crippen LogP) is 3.94. The standard InChI is InChI=1S/C16H25FN2O/c1-3-5-6-7-11-18-16(20)19(4-2)13-14-9-8-10-15(17)12-14/h8-10,12H,3-7,11,13H2,1-2H3,(H,18,20). The molecule has 1 aromatic carbocycles. The van der Waals surface area contributed by atoms with Crippen LogP contribution in [0, 0.1) is 5.82 Å². The zero-order valence-electron chi connectivity index (χ0n) is 12.5. The van der Waals surface area contributed by atoms with Gasteiger partial charge in [-0.3, -0.25) is 0 Å². The Kier molecular flexibility index (Phi) is 7.70. The van der Waals surface area contributed by atoms with Gasteiger partial charge in [0.2, 0.25) is 0 Å². The summed E-state index contributed by atoms with van der Waals surface area (Å²) in [7, 11) is 0. The average molecular weight is 280 g/mol. The lowest BCUT2D eigenvalue weighted by Gasteiger charge is -2.21. The number of carbonyl (C=O) groups excluding carboxylic acids is 1. The molecule has 0 aliphatic rings. The van der Waals surface area contributed by atoms with Gasteiger partial charge in [0, 0.05) is 19.6 Å². The van der Waals surface area contributed by atoms with E-state index in [2.05, 4.69) is 12.2 Å². The number of rotatable bonds is 8. The van der Waals surface area contributed by atoms with Crippen molar-refractivity contribution in [2.45, 2.75) is 46.1 Å². The predicted molar refractivity (Wildman–Crippen MR) is 80.0 cm³/mol. The van der Waals surface area contributed by atoms with Crippen LogP contribution in [0.1, 0.15) is 45.1 Å². The minimum atomic E-state index is -0.265. The Bertz CT molecular complexity index is 409. The molecule has 0 aromatic heterocycles. The van der Waals surface area contributed by atoms with E-state index in [0.29, 0.717) is 19.6 Å². The maximum atomic E-state index is 13.1. The van der Waals surface area contributed by atoms with Gasteiger partial charge in [-0.1, -0.05) is 38.3 Å². The van der Waals surface area contributed by atoms with Gasteiger partial charge in [-0.15, -0.1) is 0 Å². The number of nitrogens with one attached hydrogen (secondary N) is 1. The summed E-state index contributed by atoms with van der Waals surface area (Å²) in [4.78, 5) is 13.7. The third-order valence-corrected chi connectivity index (χ3v) is 3.24. The highest BCUT2D eigenvalue weighted by molar-refractivity contribution is 5.74. The second kappa shape index (κ2) is 9.34. The third kappa shape index (κ3) is 6.04. The molecule has 3 nitrogen and oxygen atoms in total. The van der Waals surface area contributed by atoms with Gasteiger partial charge in [0.25, 0.3) is 0 Å². The monoisotopic (exact) mass is 280 g/mol. The second-order valence-electron chi connectivity index (χ2n) is 4.94. The van der Waals surface area contributed by atoms with E-state index in [0.717, 1.165) is 18.4 Å². The van der Waals surface area contributed by atoms with Crippen molar-refractivity contribution in [3.05, 3.63) is 35.6 Å². The fraction of sp³-hybridized carbons (Fsp3) is 0.562. The first-order valence-electron chi connectivity index (χ1n) is 7.44. The van der Waals surface area contributed by atoms with Crippen molar-refractivity contribution < 1.29 is 9.18 Å². The molecule has 0 bridgehead atoms. The van der Waals surface area contributed by atoms with Crippen molar-refractivity contribution in [2.24, 2.45) is 0 Å². The van der Waals surface area contributed by atoms with Crippen LogP contribution >= 0.6 is 0 Å². The normalized spacial score (nSPS) is 10.3. The van der Waals surface area contributed by atoms with E-state index in [9.17, 15) is 9.18 Å². The lowest BCUT2D eigenvalue weighted by molar-refractivity contribution is 0.198. The molecule has 0 saturated heterocycles. The van der Waals surface area contributed by atoms with Crippen molar-refractivity contribution in [1.29, 1.82) is 0 Å². The van der Waals surface area contributed by atoms with Crippen molar-refractivity contribution in [1.82, 2.24) is 10.2 Å². The van der Waals surface area contributed by atoms with Gasteiger partial charge >= 0.3 is 6.03 Å². The number of benzene rings is 1. The molecule has 0 aliphatic heterocycles. The average Bonchev–Trinajstić information content (AvgIpc) is 2.44. The molecule has 0 aliphatic carbocycles. The SMILES string of the molecule is CCCCCCNC(=O)N(CC)Cc1cccc(F)c1. The second-order valence-corrected chi connectivity index (χ2v) is 4.94. The summed E-state index contributed by atoms with van der Waals surface area (Å²) in [6.45, 7) is 5.84. The Balaban J connectivity index is 2.39. The molecule has 112 valence electrons. The zero-order valence-corrected chi connectivity index (χ0v) is 12.5. The highest BCUT2D eigenvalue weighted by atomic mass is 19.1. The van der Waals surface area contributed by atoms with Gasteiger partial charge in [-0.2, -0.15) is 0 Å². The maximum Gasteiger partial charge on any atom is 0.317 e. The van der Waals surface area contributed by atoms with Gasteiger partial charge in [0.1, 0.15) is 5.82 Å². The Hall–Kier alpha value is -1.58. The van der Waals surface area contributed by atoms with Gasteiger partial charge in [-0.25, -0.2) is 9.18 Å². The highest BCUT2D eigenvalue weighted by Crippen LogP contribution is 2.07. The lowest BCUT2D eigenvalue weighted by Crippen LogP contribution is -2.39. The first kappa shape index (κ1) is 16.5. The summed E-state index contributed by atoms with van der Waals surface area (Å²) >= 11 is 0. The molecule has 0 saturated carbocycles. The molecule has 0 fully saturated rings. The van der Waals surface area contributed by atoms with Crippen LogP contribution in [0.5, 0.6) is 0 Å². The molecule has 0 spiro atoms. The molecule has 0 atom stereocenters.